The first-order valence-electron chi connectivity index (χ1n) is 9.16. The van der Waals surface area contributed by atoms with Crippen LogP contribution in [0.15, 0.2) is 60.7 Å². The SMILES string of the molecule is CCOC(=O)c1sc(-c2ccccc2)cc1NC(=O)COc1ccc(C(N)=O)cc1. The summed E-state index contributed by atoms with van der Waals surface area (Å²) in [6.45, 7) is 1.68. The molecule has 0 aliphatic heterocycles. The maximum absolute atomic E-state index is 12.4. The molecule has 0 aliphatic carbocycles. The topological polar surface area (TPSA) is 108 Å². The van der Waals surface area contributed by atoms with Gasteiger partial charge in [0.25, 0.3) is 5.91 Å². The molecule has 0 spiro atoms. The molecule has 0 saturated carbocycles. The fourth-order valence-electron chi connectivity index (χ4n) is 2.63. The van der Waals surface area contributed by atoms with E-state index in [1.54, 1.807) is 25.1 Å². The number of carbonyl (C=O) groups excluding carboxylic acids is 3. The van der Waals surface area contributed by atoms with Crippen LogP contribution in [0, 0.1) is 0 Å². The minimum absolute atomic E-state index is 0.231. The van der Waals surface area contributed by atoms with Crippen molar-refractivity contribution in [3.63, 3.8) is 0 Å². The van der Waals surface area contributed by atoms with Crippen molar-refractivity contribution in [2.45, 2.75) is 6.92 Å². The zero-order valence-electron chi connectivity index (χ0n) is 16.2. The van der Waals surface area contributed by atoms with Gasteiger partial charge in [0.2, 0.25) is 5.91 Å². The summed E-state index contributed by atoms with van der Waals surface area (Å²) in [5, 5.41) is 2.71. The van der Waals surface area contributed by atoms with Gasteiger partial charge in [0.15, 0.2) is 6.61 Å². The van der Waals surface area contributed by atoms with Crippen LogP contribution in [0.5, 0.6) is 5.75 Å². The molecule has 2 aromatic carbocycles. The van der Waals surface area contributed by atoms with E-state index < -0.39 is 17.8 Å². The third-order valence-corrected chi connectivity index (χ3v) is 5.20. The van der Waals surface area contributed by atoms with Gasteiger partial charge in [-0.1, -0.05) is 30.3 Å². The Balaban J connectivity index is 1.72. The van der Waals surface area contributed by atoms with Crippen LogP contribution in [-0.2, 0) is 9.53 Å². The molecule has 0 aliphatic rings. The number of esters is 1. The average molecular weight is 424 g/mol. The molecule has 8 heteroatoms. The monoisotopic (exact) mass is 424 g/mol. The highest BCUT2D eigenvalue weighted by atomic mass is 32.1. The molecule has 0 bridgehead atoms. The summed E-state index contributed by atoms with van der Waals surface area (Å²) in [4.78, 5) is 37.0. The van der Waals surface area contributed by atoms with E-state index in [1.807, 2.05) is 30.3 Å². The minimum atomic E-state index is -0.544. The number of thiophene rings is 1. The van der Waals surface area contributed by atoms with Crippen LogP contribution in [0.4, 0.5) is 5.69 Å². The predicted octanol–water partition coefficient (Wildman–Crippen LogP) is 3.71. The zero-order chi connectivity index (χ0) is 21.5. The number of hydrogen-bond donors (Lipinski definition) is 2. The third-order valence-electron chi connectivity index (χ3n) is 4.03. The lowest BCUT2D eigenvalue weighted by Gasteiger charge is -2.08. The van der Waals surface area contributed by atoms with Crippen molar-refractivity contribution in [3.8, 4) is 16.2 Å². The maximum Gasteiger partial charge on any atom is 0.350 e. The van der Waals surface area contributed by atoms with Crippen LogP contribution in [0.25, 0.3) is 10.4 Å². The van der Waals surface area contributed by atoms with Crippen molar-refractivity contribution in [3.05, 3.63) is 71.1 Å². The average Bonchev–Trinajstić information content (AvgIpc) is 3.17. The number of amides is 2. The molecule has 1 heterocycles. The van der Waals surface area contributed by atoms with E-state index in [0.717, 1.165) is 10.4 Å². The van der Waals surface area contributed by atoms with Gasteiger partial charge in [-0.3, -0.25) is 9.59 Å². The van der Waals surface area contributed by atoms with E-state index in [1.165, 1.54) is 23.5 Å². The van der Waals surface area contributed by atoms with E-state index in [2.05, 4.69) is 5.32 Å². The highest BCUT2D eigenvalue weighted by Gasteiger charge is 2.20. The zero-order valence-corrected chi connectivity index (χ0v) is 17.0. The summed E-state index contributed by atoms with van der Waals surface area (Å²) in [7, 11) is 0. The molecule has 0 atom stereocenters. The second kappa shape index (κ2) is 9.71. The number of carbonyl (C=O) groups is 3. The quantitative estimate of drug-likeness (QED) is 0.536. The van der Waals surface area contributed by atoms with Gasteiger partial charge in [0.05, 0.1) is 12.3 Å². The first-order valence-corrected chi connectivity index (χ1v) is 9.98. The fraction of sp³-hybridized carbons (Fsp3) is 0.136. The smallest absolute Gasteiger partial charge is 0.350 e. The number of benzene rings is 2. The van der Waals surface area contributed by atoms with Crippen LogP contribution in [0.3, 0.4) is 0 Å². The normalized spacial score (nSPS) is 10.3. The van der Waals surface area contributed by atoms with Crippen molar-refractivity contribution in [2.75, 3.05) is 18.5 Å². The molecular formula is C22H20N2O5S. The van der Waals surface area contributed by atoms with Gasteiger partial charge in [-0.25, -0.2) is 4.79 Å². The van der Waals surface area contributed by atoms with Crippen LogP contribution < -0.4 is 15.8 Å². The number of primary amides is 1. The maximum atomic E-state index is 12.4. The van der Waals surface area contributed by atoms with Crippen molar-refractivity contribution in [1.29, 1.82) is 0 Å². The second-order valence-corrected chi connectivity index (χ2v) is 7.22. The fourth-order valence-corrected chi connectivity index (χ4v) is 3.64. The van der Waals surface area contributed by atoms with Crippen molar-refractivity contribution in [2.24, 2.45) is 5.73 Å². The molecule has 3 N–H and O–H groups in total. The Labute approximate surface area is 177 Å². The van der Waals surface area contributed by atoms with E-state index in [-0.39, 0.29) is 13.2 Å². The lowest BCUT2D eigenvalue weighted by atomic mass is 10.2. The summed E-state index contributed by atoms with van der Waals surface area (Å²) < 4.78 is 10.5. The second-order valence-electron chi connectivity index (χ2n) is 6.17. The molecule has 0 unspecified atom stereocenters. The summed E-state index contributed by atoms with van der Waals surface area (Å²) in [5.74, 6) is -1.06. The van der Waals surface area contributed by atoms with Gasteiger partial charge in [-0.15, -0.1) is 11.3 Å². The lowest BCUT2D eigenvalue weighted by Crippen LogP contribution is -2.21. The number of nitrogens with two attached hydrogens (primary N) is 1. The van der Waals surface area contributed by atoms with Gasteiger partial charge >= 0.3 is 5.97 Å². The number of rotatable bonds is 8. The number of ether oxygens (including phenoxy) is 2. The van der Waals surface area contributed by atoms with Gasteiger partial charge in [0, 0.05) is 10.4 Å². The molecule has 3 rings (SSSR count). The van der Waals surface area contributed by atoms with Crippen molar-refractivity contribution < 1.29 is 23.9 Å². The van der Waals surface area contributed by atoms with Gasteiger partial charge < -0.3 is 20.5 Å². The van der Waals surface area contributed by atoms with Crippen LogP contribution in [0.2, 0.25) is 0 Å². The summed E-state index contributed by atoms with van der Waals surface area (Å²) in [6.07, 6.45) is 0. The van der Waals surface area contributed by atoms with Crippen LogP contribution >= 0.6 is 11.3 Å². The molecule has 2 amide bonds. The number of nitrogens with one attached hydrogen (secondary N) is 1. The number of anilines is 1. The summed E-state index contributed by atoms with van der Waals surface area (Å²) in [5.41, 5.74) is 6.84. The van der Waals surface area contributed by atoms with Crippen molar-refractivity contribution in [1.82, 2.24) is 0 Å². The van der Waals surface area contributed by atoms with Gasteiger partial charge in [0.1, 0.15) is 10.6 Å². The highest BCUT2D eigenvalue weighted by molar-refractivity contribution is 7.18. The molecule has 0 fully saturated rings. The Morgan fingerprint density at radius 1 is 1.03 bits per heavy atom. The molecule has 7 nitrogen and oxygen atoms in total. The van der Waals surface area contributed by atoms with Gasteiger partial charge in [-0.05, 0) is 42.8 Å². The Hall–Kier alpha value is -3.65. The van der Waals surface area contributed by atoms with Crippen LogP contribution in [0.1, 0.15) is 27.0 Å². The van der Waals surface area contributed by atoms with Crippen LogP contribution in [-0.4, -0.2) is 31.0 Å². The third kappa shape index (κ3) is 5.24. The molecule has 154 valence electrons. The first-order chi connectivity index (χ1) is 14.5. The Kier molecular flexibility index (Phi) is 6.82. The minimum Gasteiger partial charge on any atom is -0.484 e. The molecule has 3 aromatic rings. The summed E-state index contributed by atoms with van der Waals surface area (Å²) >= 11 is 1.25. The largest absolute Gasteiger partial charge is 0.484 e. The Morgan fingerprint density at radius 3 is 2.37 bits per heavy atom. The van der Waals surface area contributed by atoms with E-state index in [9.17, 15) is 14.4 Å². The Bertz CT molecular complexity index is 1050. The molecule has 0 saturated heterocycles. The molecule has 30 heavy (non-hydrogen) atoms. The van der Waals surface area contributed by atoms with Crippen molar-refractivity contribution >= 4 is 34.8 Å². The number of hydrogen-bond acceptors (Lipinski definition) is 6. The predicted molar refractivity (Wildman–Crippen MR) is 115 cm³/mol. The molecule has 1 aromatic heterocycles. The highest BCUT2D eigenvalue weighted by Crippen LogP contribution is 2.35. The first kappa shape index (κ1) is 21.1. The van der Waals surface area contributed by atoms with E-state index in [4.69, 9.17) is 15.2 Å². The summed E-state index contributed by atoms with van der Waals surface area (Å²) in [6, 6.07) is 17.4. The van der Waals surface area contributed by atoms with Gasteiger partial charge in [-0.2, -0.15) is 0 Å². The van der Waals surface area contributed by atoms with E-state index >= 15 is 0 Å². The molecular weight excluding hydrogens is 404 g/mol. The lowest BCUT2D eigenvalue weighted by molar-refractivity contribution is -0.118. The Morgan fingerprint density at radius 2 is 1.73 bits per heavy atom. The molecule has 0 radical (unpaired) electrons. The van der Waals surface area contributed by atoms with E-state index in [0.29, 0.717) is 21.9 Å². The standard InChI is InChI=1S/C22H20N2O5S/c1-2-28-22(27)20-17(12-18(30-20)14-6-4-3-5-7-14)24-19(25)13-29-16-10-8-15(9-11-16)21(23)26/h3-12H,2,13H2,1H3,(H2,23,26)(H,24,25).